The second-order valence-electron chi connectivity index (χ2n) is 4.78. The molecule has 16 heavy (non-hydrogen) atoms. The minimum Gasteiger partial charge on any atom is -0.327 e. The van der Waals surface area contributed by atoms with Gasteiger partial charge in [-0.05, 0) is 47.8 Å². The third-order valence-electron chi connectivity index (χ3n) is 3.31. The number of rotatable bonds is 4. The first-order valence-electron chi connectivity index (χ1n) is 5.82. The molecule has 0 amide bonds. The van der Waals surface area contributed by atoms with E-state index in [1.165, 1.54) is 28.6 Å². The molecule has 0 radical (unpaired) electrons. The van der Waals surface area contributed by atoms with Crippen LogP contribution in [0.2, 0.25) is 0 Å². The van der Waals surface area contributed by atoms with Gasteiger partial charge in [-0.2, -0.15) is 0 Å². The summed E-state index contributed by atoms with van der Waals surface area (Å²) in [5.41, 5.74) is 6.09. The highest BCUT2D eigenvalue weighted by Crippen LogP contribution is 2.26. The Kier molecular flexibility index (Phi) is 4.41. The Labute approximate surface area is 110 Å². The van der Waals surface area contributed by atoms with Crippen LogP contribution in [0.4, 0.5) is 0 Å². The summed E-state index contributed by atoms with van der Waals surface area (Å²) in [5.74, 6) is 0.702. The summed E-state index contributed by atoms with van der Waals surface area (Å²) in [6.45, 7) is 2.18. The van der Waals surface area contributed by atoms with Crippen molar-refractivity contribution in [3.05, 3.63) is 20.8 Å². The molecule has 0 aromatic carbocycles. The van der Waals surface area contributed by atoms with E-state index in [9.17, 15) is 0 Å². The van der Waals surface area contributed by atoms with E-state index in [1.54, 1.807) is 0 Å². The molecule has 0 bridgehead atoms. The van der Waals surface area contributed by atoms with Crippen LogP contribution in [0.1, 0.15) is 24.1 Å². The highest BCUT2D eigenvalue weighted by molar-refractivity contribution is 9.10. The number of nitrogens with two attached hydrogens (primary N) is 1. The molecule has 1 saturated carbocycles. The lowest BCUT2D eigenvalue weighted by Gasteiger charge is -2.23. The quantitative estimate of drug-likeness (QED) is 0.926. The number of halogens is 1. The number of nitrogens with zero attached hydrogens (tertiary/aromatic N) is 1. The molecular formula is C12H19BrN2S. The van der Waals surface area contributed by atoms with Crippen molar-refractivity contribution < 1.29 is 0 Å². The molecule has 0 aliphatic heterocycles. The molecule has 1 fully saturated rings. The minimum absolute atomic E-state index is 0.428. The molecule has 2 rings (SSSR count). The fourth-order valence-electron chi connectivity index (χ4n) is 2.46. The van der Waals surface area contributed by atoms with Gasteiger partial charge in [0.2, 0.25) is 0 Å². The van der Waals surface area contributed by atoms with Gasteiger partial charge in [0.05, 0.1) is 0 Å². The molecule has 2 nitrogen and oxygen atoms in total. The summed E-state index contributed by atoms with van der Waals surface area (Å²) in [7, 11) is 2.19. The van der Waals surface area contributed by atoms with Gasteiger partial charge in [-0.25, -0.2) is 0 Å². The van der Waals surface area contributed by atoms with Crippen molar-refractivity contribution in [2.75, 3.05) is 13.6 Å². The predicted molar refractivity (Wildman–Crippen MR) is 73.7 cm³/mol. The first-order chi connectivity index (χ1) is 7.65. The highest BCUT2D eigenvalue weighted by atomic mass is 79.9. The molecule has 2 N–H and O–H groups in total. The van der Waals surface area contributed by atoms with Crippen LogP contribution in [-0.2, 0) is 6.54 Å². The zero-order valence-electron chi connectivity index (χ0n) is 9.66. The molecule has 0 saturated heterocycles. The Morgan fingerprint density at radius 3 is 2.94 bits per heavy atom. The molecule has 0 spiro atoms. The largest absolute Gasteiger partial charge is 0.327 e. The molecule has 90 valence electrons. The SMILES string of the molecule is CN(Cc1cc(Br)cs1)CC1CCCC1N. The van der Waals surface area contributed by atoms with Crippen molar-refractivity contribution >= 4 is 27.3 Å². The van der Waals surface area contributed by atoms with E-state index in [1.807, 2.05) is 11.3 Å². The maximum Gasteiger partial charge on any atom is 0.0325 e. The Morgan fingerprint density at radius 2 is 2.38 bits per heavy atom. The lowest BCUT2D eigenvalue weighted by atomic mass is 10.0. The molecule has 4 heteroatoms. The Bertz CT molecular complexity index is 340. The summed E-state index contributed by atoms with van der Waals surface area (Å²) in [5, 5.41) is 2.14. The molecular weight excluding hydrogens is 284 g/mol. The summed E-state index contributed by atoms with van der Waals surface area (Å²) >= 11 is 5.31. The van der Waals surface area contributed by atoms with Crippen molar-refractivity contribution in [2.24, 2.45) is 11.7 Å². The van der Waals surface area contributed by atoms with Gasteiger partial charge in [0.25, 0.3) is 0 Å². The van der Waals surface area contributed by atoms with Gasteiger partial charge in [-0.15, -0.1) is 11.3 Å². The van der Waals surface area contributed by atoms with E-state index >= 15 is 0 Å². The minimum atomic E-state index is 0.428. The van der Waals surface area contributed by atoms with Gasteiger partial charge in [0, 0.05) is 33.9 Å². The summed E-state index contributed by atoms with van der Waals surface area (Å²) in [6.07, 6.45) is 3.83. The van der Waals surface area contributed by atoms with E-state index in [0.29, 0.717) is 12.0 Å². The second kappa shape index (κ2) is 5.63. The molecule has 2 unspecified atom stereocenters. The van der Waals surface area contributed by atoms with Crippen LogP contribution in [0.25, 0.3) is 0 Å². The van der Waals surface area contributed by atoms with Crippen LogP contribution in [0.15, 0.2) is 15.9 Å². The van der Waals surface area contributed by atoms with Crippen molar-refractivity contribution in [1.29, 1.82) is 0 Å². The topological polar surface area (TPSA) is 29.3 Å². The molecule has 1 aliphatic carbocycles. The van der Waals surface area contributed by atoms with Crippen LogP contribution >= 0.6 is 27.3 Å². The van der Waals surface area contributed by atoms with Gasteiger partial charge < -0.3 is 10.6 Å². The zero-order valence-corrected chi connectivity index (χ0v) is 12.1. The van der Waals surface area contributed by atoms with Crippen LogP contribution < -0.4 is 5.73 Å². The van der Waals surface area contributed by atoms with Gasteiger partial charge in [-0.1, -0.05) is 6.42 Å². The number of hydrogen-bond acceptors (Lipinski definition) is 3. The molecule has 1 aliphatic rings. The van der Waals surface area contributed by atoms with E-state index in [-0.39, 0.29) is 0 Å². The fourth-order valence-corrected chi connectivity index (χ4v) is 3.99. The molecule has 1 heterocycles. The number of hydrogen-bond donors (Lipinski definition) is 1. The first kappa shape index (κ1) is 12.6. The van der Waals surface area contributed by atoms with Crippen LogP contribution in [-0.4, -0.2) is 24.5 Å². The standard InChI is InChI=1S/C12H19BrN2S/c1-15(6-9-3-2-4-12(9)14)7-11-5-10(13)8-16-11/h5,8-9,12H,2-4,6-7,14H2,1H3. The van der Waals surface area contributed by atoms with E-state index in [4.69, 9.17) is 5.73 Å². The van der Waals surface area contributed by atoms with Crippen molar-refractivity contribution in [3.63, 3.8) is 0 Å². The molecule has 1 aromatic rings. The molecule has 2 atom stereocenters. The highest BCUT2D eigenvalue weighted by Gasteiger charge is 2.24. The van der Waals surface area contributed by atoms with Gasteiger partial charge in [-0.3, -0.25) is 0 Å². The summed E-state index contributed by atoms with van der Waals surface area (Å²) in [6, 6.07) is 2.63. The third-order valence-corrected chi connectivity index (χ3v) is 4.99. The summed E-state index contributed by atoms with van der Waals surface area (Å²) < 4.78 is 1.19. The Morgan fingerprint density at radius 1 is 1.56 bits per heavy atom. The second-order valence-corrected chi connectivity index (χ2v) is 6.69. The van der Waals surface area contributed by atoms with E-state index in [0.717, 1.165) is 13.1 Å². The van der Waals surface area contributed by atoms with Gasteiger partial charge in [0.15, 0.2) is 0 Å². The lowest BCUT2D eigenvalue weighted by molar-refractivity contribution is 0.261. The van der Waals surface area contributed by atoms with Crippen molar-refractivity contribution in [1.82, 2.24) is 4.90 Å². The maximum absolute atomic E-state index is 6.09. The van der Waals surface area contributed by atoms with Crippen molar-refractivity contribution in [2.45, 2.75) is 31.8 Å². The van der Waals surface area contributed by atoms with Crippen molar-refractivity contribution in [3.8, 4) is 0 Å². The Hall–Kier alpha value is 0.1000. The van der Waals surface area contributed by atoms with Crippen LogP contribution in [0.5, 0.6) is 0 Å². The summed E-state index contributed by atoms with van der Waals surface area (Å²) in [4.78, 5) is 3.81. The zero-order chi connectivity index (χ0) is 11.5. The van der Waals surface area contributed by atoms with Crippen LogP contribution in [0.3, 0.4) is 0 Å². The Balaban J connectivity index is 1.82. The normalized spacial score (nSPS) is 25.5. The monoisotopic (exact) mass is 302 g/mol. The van der Waals surface area contributed by atoms with Gasteiger partial charge in [0.1, 0.15) is 0 Å². The average Bonchev–Trinajstić information content (AvgIpc) is 2.77. The smallest absolute Gasteiger partial charge is 0.0325 e. The fraction of sp³-hybridized carbons (Fsp3) is 0.667. The lowest BCUT2D eigenvalue weighted by Crippen LogP contribution is -2.33. The van der Waals surface area contributed by atoms with Crippen LogP contribution in [0, 0.1) is 5.92 Å². The maximum atomic E-state index is 6.09. The third kappa shape index (κ3) is 3.29. The molecule has 1 aromatic heterocycles. The van der Waals surface area contributed by atoms with Gasteiger partial charge >= 0.3 is 0 Å². The van der Waals surface area contributed by atoms with E-state index < -0.39 is 0 Å². The van der Waals surface area contributed by atoms with E-state index in [2.05, 4.69) is 39.3 Å². The average molecular weight is 303 g/mol. The number of thiophene rings is 1. The predicted octanol–water partition coefficient (Wildman–Crippen LogP) is 3.07. The first-order valence-corrected chi connectivity index (χ1v) is 7.49.